The number of likely N-dealkylation sites (tertiary alicyclic amines) is 1. The smallest absolute Gasteiger partial charge is 0.224 e. The van der Waals surface area contributed by atoms with Crippen LogP contribution in [-0.2, 0) is 11.3 Å². The molecule has 1 saturated heterocycles. The van der Waals surface area contributed by atoms with Crippen molar-refractivity contribution in [3.05, 3.63) is 42.4 Å². The van der Waals surface area contributed by atoms with Crippen LogP contribution in [0.15, 0.2) is 41.5 Å². The van der Waals surface area contributed by atoms with E-state index in [4.69, 9.17) is 0 Å². The Morgan fingerprint density at radius 2 is 2.00 bits per heavy atom. The molecule has 1 aliphatic heterocycles. The topological polar surface area (TPSA) is 76.6 Å². The molecular weight excluding hydrogens is 479 g/mol. The molecule has 2 heterocycles. The number of amides is 1. The standard InChI is InChI=1S/C21H30N6O.HI/c1-3-22-21(23-12-11-20(28)27-13-7-8-14-27)26(2)16-19-24-15-18(25-19)17-9-5-4-6-10-17;/h4-6,9-10,15H,3,7-8,11-14,16H2,1-2H3,(H,22,23)(H,24,25);1H. The first kappa shape index (κ1) is 23.2. The first-order valence-electron chi connectivity index (χ1n) is 10.0. The quantitative estimate of drug-likeness (QED) is 0.341. The Morgan fingerprint density at radius 1 is 1.28 bits per heavy atom. The van der Waals surface area contributed by atoms with Crippen molar-refractivity contribution in [1.29, 1.82) is 0 Å². The first-order chi connectivity index (χ1) is 13.7. The van der Waals surface area contributed by atoms with Gasteiger partial charge in [-0.05, 0) is 25.3 Å². The number of hydrogen-bond acceptors (Lipinski definition) is 3. The van der Waals surface area contributed by atoms with Crippen LogP contribution in [0.4, 0.5) is 0 Å². The number of H-pyrrole nitrogens is 1. The van der Waals surface area contributed by atoms with Crippen molar-refractivity contribution in [2.75, 3.05) is 33.2 Å². The molecule has 2 N–H and O–H groups in total. The summed E-state index contributed by atoms with van der Waals surface area (Å²) in [7, 11) is 1.98. The lowest BCUT2D eigenvalue weighted by Crippen LogP contribution is -2.39. The summed E-state index contributed by atoms with van der Waals surface area (Å²) in [5.41, 5.74) is 2.12. The van der Waals surface area contributed by atoms with Gasteiger partial charge in [0, 0.05) is 33.1 Å². The summed E-state index contributed by atoms with van der Waals surface area (Å²) < 4.78 is 0. The Kier molecular flexibility index (Phi) is 9.43. The van der Waals surface area contributed by atoms with Gasteiger partial charge in [0.1, 0.15) is 5.82 Å². The van der Waals surface area contributed by atoms with Gasteiger partial charge in [0.05, 0.1) is 25.0 Å². The summed E-state index contributed by atoms with van der Waals surface area (Å²) in [5, 5.41) is 3.29. The highest BCUT2D eigenvalue weighted by molar-refractivity contribution is 14.0. The molecule has 0 atom stereocenters. The second-order valence-electron chi connectivity index (χ2n) is 7.04. The maximum absolute atomic E-state index is 12.2. The summed E-state index contributed by atoms with van der Waals surface area (Å²) in [6.07, 6.45) is 4.56. The molecule has 1 aliphatic rings. The third-order valence-electron chi connectivity index (χ3n) is 4.84. The number of rotatable bonds is 7. The number of nitrogens with zero attached hydrogens (tertiary/aromatic N) is 4. The van der Waals surface area contributed by atoms with E-state index in [1.807, 2.05) is 48.2 Å². The monoisotopic (exact) mass is 510 g/mol. The van der Waals surface area contributed by atoms with Crippen molar-refractivity contribution in [1.82, 2.24) is 25.1 Å². The normalized spacial score (nSPS) is 13.9. The third kappa shape index (κ3) is 6.73. The number of aromatic nitrogens is 2. The summed E-state index contributed by atoms with van der Waals surface area (Å²) in [4.78, 5) is 28.7. The molecule has 0 unspecified atom stereocenters. The molecule has 8 heteroatoms. The van der Waals surface area contributed by atoms with Crippen LogP contribution in [0.2, 0.25) is 0 Å². The lowest BCUT2D eigenvalue weighted by molar-refractivity contribution is -0.129. The highest BCUT2D eigenvalue weighted by atomic mass is 127. The van der Waals surface area contributed by atoms with Crippen molar-refractivity contribution >= 4 is 35.8 Å². The Balaban J connectivity index is 0.00000300. The zero-order chi connectivity index (χ0) is 19.8. The SMILES string of the molecule is CCNC(=NCCC(=O)N1CCCC1)N(C)Cc1ncc(-c2ccccc2)[nH]1.I. The van der Waals surface area contributed by atoms with E-state index in [9.17, 15) is 4.79 Å². The van der Waals surface area contributed by atoms with E-state index >= 15 is 0 Å². The van der Waals surface area contributed by atoms with Crippen molar-refractivity contribution in [3.63, 3.8) is 0 Å². The maximum Gasteiger partial charge on any atom is 0.224 e. The number of aliphatic imine (C=N–C) groups is 1. The number of carbonyl (C=O) groups excluding carboxylic acids is 1. The summed E-state index contributed by atoms with van der Waals surface area (Å²) >= 11 is 0. The Bertz CT molecular complexity index is 785. The van der Waals surface area contributed by atoms with E-state index in [-0.39, 0.29) is 29.9 Å². The molecule has 1 aromatic heterocycles. The van der Waals surface area contributed by atoms with Gasteiger partial charge in [0.15, 0.2) is 5.96 Å². The van der Waals surface area contributed by atoms with Crippen molar-refractivity contribution in [2.45, 2.75) is 32.7 Å². The number of carbonyl (C=O) groups is 1. The average Bonchev–Trinajstić information content (AvgIpc) is 3.40. The van der Waals surface area contributed by atoms with Crippen LogP contribution in [0.1, 0.15) is 32.0 Å². The fourth-order valence-corrected chi connectivity index (χ4v) is 3.36. The molecule has 1 aromatic carbocycles. The summed E-state index contributed by atoms with van der Waals surface area (Å²) in [6, 6.07) is 10.2. The van der Waals surface area contributed by atoms with E-state index in [2.05, 4.69) is 32.4 Å². The molecule has 0 saturated carbocycles. The van der Waals surface area contributed by atoms with Crippen LogP contribution in [-0.4, -0.2) is 64.9 Å². The number of nitrogens with one attached hydrogen (secondary N) is 2. The number of aromatic amines is 1. The summed E-state index contributed by atoms with van der Waals surface area (Å²) in [5.74, 6) is 1.87. The van der Waals surface area contributed by atoms with Crippen LogP contribution in [0.3, 0.4) is 0 Å². The highest BCUT2D eigenvalue weighted by Crippen LogP contribution is 2.16. The number of guanidine groups is 1. The molecule has 3 rings (SSSR count). The van der Waals surface area contributed by atoms with E-state index in [1.165, 1.54) is 0 Å². The summed E-state index contributed by atoms with van der Waals surface area (Å²) in [6.45, 7) is 5.71. The van der Waals surface area contributed by atoms with Gasteiger partial charge < -0.3 is 20.1 Å². The first-order valence-corrected chi connectivity index (χ1v) is 10.0. The molecular formula is C21H31IN6O. The van der Waals surface area contributed by atoms with Gasteiger partial charge >= 0.3 is 0 Å². The van der Waals surface area contributed by atoms with Gasteiger partial charge in [-0.2, -0.15) is 0 Å². The van der Waals surface area contributed by atoms with Crippen molar-refractivity contribution in [3.8, 4) is 11.3 Å². The molecule has 0 radical (unpaired) electrons. The number of imidazole rings is 1. The predicted molar refractivity (Wildman–Crippen MR) is 127 cm³/mol. The average molecular weight is 510 g/mol. The molecule has 1 fully saturated rings. The van der Waals surface area contributed by atoms with E-state index in [1.54, 1.807) is 0 Å². The minimum Gasteiger partial charge on any atom is -0.357 e. The van der Waals surface area contributed by atoms with Gasteiger partial charge in [0.25, 0.3) is 0 Å². The molecule has 7 nitrogen and oxygen atoms in total. The van der Waals surface area contributed by atoms with E-state index < -0.39 is 0 Å². The molecule has 1 amide bonds. The Hall–Kier alpha value is -2.10. The largest absolute Gasteiger partial charge is 0.357 e. The number of hydrogen-bond donors (Lipinski definition) is 2. The van der Waals surface area contributed by atoms with Crippen LogP contribution in [0.5, 0.6) is 0 Å². The van der Waals surface area contributed by atoms with Crippen LogP contribution in [0, 0.1) is 0 Å². The second kappa shape index (κ2) is 11.8. The Labute approximate surface area is 190 Å². The van der Waals surface area contributed by atoms with Gasteiger partial charge in [-0.25, -0.2) is 4.98 Å². The molecule has 158 valence electrons. The predicted octanol–water partition coefficient (Wildman–Crippen LogP) is 3.10. The van der Waals surface area contributed by atoms with Gasteiger partial charge in [-0.1, -0.05) is 30.3 Å². The molecule has 2 aromatic rings. The van der Waals surface area contributed by atoms with E-state index in [0.29, 0.717) is 19.5 Å². The number of halogens is 1. The molecule has 0 bridgehead atoms. The third-order valence-corrected chi connectivity index (χ3v) is 4.84. The van der Waals surface area contributed by atoms with Gasteiger partial charge in [-0.15, -0.1) is 24.0 Å². The lowest BCUT2D eigenvalue weighted by Gasteiger charge is -2.21. The molecule has 29 heavy (non-hydrogen) atoms. The second-order valence-corrected chi connectivity index (χ2v) is 7.04. The zero-order valence-corrected chi connectivity index (χ0v) is 19.6. The van der Waals surface area contributed by atoms with Gasteiger partial charge in [0.2, 0.25) is 5.91 Å². The van der Waals surface area contributed by atoms with Crippen LogP contribution >= 0.6 is 24.0 Å². The van der Waals surface area contributed by atoms with Gasteiger partial charge in [-0.3, -0.25) is 9.79 Å². The highest BCUT2D eigenvalue weighted by Gasteiger charge is 2.17. The lowest BCUT2D eigenvalue weighted by atomic mass is 10.2. The van der Waals surface area contributed by atoms with Crippen LogP contribution < -0.4 is 5.32 Å². The van der Waals surface area contributed by atoms with Crippen molar-refractivity contribution < 1.29 is 4.79 Å². The minimum atomic E-state index is 0. The minimum absolute atomic E-state index is 0. The van der Waals surface area contributed by atoms with Crippen molar-refractivity contribution in [2.24, 2.45) is 4.99 Å². The number of benzene rings is 1. The molecule has 0 spiro atoms. The fourth-order valence-electron chi connectivity index (χ4n) is 3.36. The zero-order valence-electron chi connectivity index (χ0n) is 17.2. The van der Waals surface area contributed by atoms with Crippen LogP contribution in [0.25, 0.3) is 11.3 Å². The Morgan fingerprint density at radius 3 is 2.69 bits per heavy atom. The maximum atomic E-state index is 12.2. The fraction of sp³-hybridized carbons (Fsp3) is 0.476. The molecule has 0 aliphatic carbocycles. The van der Waals surface area contributed by atoms with E-state index in [0.717, 1.165) is 55.5 Å².